The molecule has 4 rings (SSSR count). The van der Waals surface area contributed by atoms with E-state index < -0.39 is 0 Å². The van der Waals surface area contributed by atoms with Gasteiger partial charge in [-0.15, -0.1) is 0 Å². The summed E-state index contributed by atoms with van der Waals surface area (Å²) in [5.41, 5.74) is 19.3. The molecule has 0 bridgehead atoms. The Morgan fingerprint density at radius 1 is 0.400 bits per heavy atom. The molecule has 0 radical (unpaired) electrons. The quantitative estimate of drug-likeness (QED) is 0.351. The van der Waals surface area contributed by atoms with Crippen LogP contribution in [0, 0.1) is 62.3 Å². The fraction of sp³-hybridized carbons (Fsp3) is 0.375. The summed E-state index contributed by atoms with van der Waals surface area (Å²) in [6.07, 6.45) is 0. The van der Waals surface area contributed by atoms with Crippen LogP contribution < -0.4 is 0 Å². The van der Waals surface area contributed by atoms with E-state index in [1.165, 1.54) is 77.7 Å². The minimum atomic E-state index is 1.16. The summed E-state index contributed by atoms with van der Waals surface area (Å²) in [6.45, 7) is 20.3. The first-order valence-electron chi connectivity index (χ1n) is 9.20. The van der Waals surface area contributed by atoms with Crippen molar-refractivity contribution >= 4 is 10.9 Å². The number of hydrogen-bond donors (Lipinski definition) is 0. The highest BCUT2D eigenvalue weighted by Crippen LogP contribution is 2.55. The predicted octanol–water partition coefficient (Wildman–Crippen LogP) is 6.66. The molecule has 0 amide bonds. The van der Waals surface area contributed by atoms with E-state index in [2.05, 4.69) is 62.3 Å². The number of rotatable bonds is 0. The lowest BCUT2D eigenvalue weighted by molar-refractivity contribution is 1.18. The summed E-state index contributed by atoms with van der Waals surface area (Å²) >= 11 is 0. The third kappa shape index (κ3) is 1.76. The smallest absolute Gasteiger partial charge is 0.0749 e. The maximum absolute atomic E-state index is 5.03. The SMILES string of the molecule is Cc1nc2c(C)c(C)c(C)c3c2c(c1C)-c1c(C)c(C)c(C)c(C)c1-3. The number of aromatic nitrogens is 1. The molecule has 0 aliphatic heterocycles. The van der Waals surface area contributed by atoms with Crippen LogP contribution in [0.4, 0.5) is 0 Å². The van der Waals surface area contributed by atoms with E-state index in [4.69, 9.17) is 4.98 Å². The van der Waals surface area contributed by atoms with Crippen molar-refractivity contribution in [2.24, 2.45) is 0 Å². The van der Waals surface area contributed by atoms with Crippen molar-refractivity contribution in [1.29, 1.82) is 0 Å². The lowest BCUT2D eigenvalue weighted by atomic mass is 9.85. The van der Waals surface area contributed by atoms with E-state index in [9.17, 15) is 0 Å². The Bertz CT molecular complexity index is 1070. The standard InChI is InChI=1S/C24H27N/c1-10-11(2)14(5)20-19(13(10)4)21-15(6)12(3)16(7)24-23(21)22(20)17(8)18(9)25-24/h1-9H3. The maximum Gasteiger partial charge on any atom is 0.0749 e. The van der Waals surface area contributed by atoms with E-state index in [-0.39, 0.29) is 0 Å². The average Bonchev–Trinajstić information content (AvgIpc) is 2.94. The lowest BCUT2D eigenvalue weighted by Gasteiger charge is -2.18. The Morgan fingerprint density at radius 3 is 1.32 bits per heavy atom. The molecule has 0 fully saturated rings. The highest BCUT2D eigenvalue weighted by Gasteiger charge is 2.32. The summed E-state index contributed by atoms with van der Waals surface area (Å²) in [5.74, 6) is 0. The molecule has 0 saturated carbocycles. The Morgan fingerprint density at radius 2 is 0.800 bits per heavy atom. The van der Waals surface area contributed by atoms with Crippen LogP contribution in [0.2, 0.25) is 0 Å². The van der Waals surface area contributed by atoms with Crippen molar-refractivity contribution < 1.29 is 0 Å². The molecule has 1 aliphatic rings. The number of pyridine rings is 1. The van der Waals surface area contributed by atoms with E-state index in [0.29, 0.717) is 0 Å². The molecule has 2 aromatic carbocycles. The highest BCUT2D eigenvalue weighted by atomic mass is 14.7. The molecule has 1 nitrogen and oxygen atoms in total. The van der Waals surface area contributed by atoms with Crippen LogP contribution in [-0.4, -0.2) is 4.98 Å². The van der Waals surface area contributed by atoms with Gasteiger partial charge in [-0.25, -0.2) is 0 Å². The largest absolute Gasteiger partial charge is 0.253 e. The van der Waals surface area contributed by atoms with Crippen LogP contribution in [0.1, 0.15) is 50.2 Å². The molecule has 0 N–H and O–H groups in total. The van der Waals surface area contributed by atoms with Crippen molar-refractivity contribution in [2.75, 3.05) is 0 Å². The molecule has 0 spiro atoms. The van der Waals surface area contributed by atoms with Gasteiger partial charge >= 0.3 is 0 Å². The molecule has 0 unspecified atom stereocenters. The molecular formula is C24H27N. The van der Waals surface area contributed by atoms with Crippen molar-refractivity contribution in [3.63, 3.8) is 0 Å². The Balaban J connectivity index is 2.42. The Labute approximate surface area is 151 Å². The van der Waals surface area contributed by atoms with Crippen molar-refractivity contribution in [3.05, 3.63) is 50.2 Å². The molecule has 1 aliphatic carbocycles. The molecule has 1 heteroatoms. The van der Waals surface area contributed by atoms with Crippen LogP contribution in [0.3, 0.4) is 0 Å². The molecule has 128 valence electrons. The van der Waals surface area contributed by atoms with Crippen LogP contribution in [0.5, 0.6) is 0 Å². The second kappa shape index (κ2) is 4.94. The third-order valence-electron chi connectivity index (χ3n) is 6.98. The van der Waals surface area contributed by atoms with Gasteiger partial charge in [-0.2, -0.15) is 0 Å². The van der Waals surface area contributed by atoms with Crippen molar-refractivity contribution in [3.8, 4) is 22.3 Å². The summed E-state index contributed by atoms with van der Waals surface area (Å²) in [4.78, 5) is 5.03. The first-order chi connectivity index (χ1) is 11.7. The number of hydrogen-bond acceptors (Lipinski definition) is 1. The van der Waals surface area contributed by atoms with Crippen molar-refractivity contribution in [1.82, 2.24) is 4.98 Å². The molecule has 1 aromatic heterocycles. The zero-order valence-electron chi connectivity index (χ0n) is 16.9. The van der Waals surface area contributed by atoms with Crippen LogP contribution in [0.15, 0.2) is 0 Å². The van der Waals surface area contributed by atoms with Gasteiger partial charge in [-0.05, 0) is 129 Å². The van der Waals surface area contributed by atoms with E-state index in [1.54, 1.807) is 0 Å². The van der Waals surface area contributed by atoms with Gasteiger partial charge in [0.1, 0.15) is 0 Å². The zero-order chi connectivity index (χ0) is 18.4. The fourth-order valence-corrected chi connectivity index (χ4v) is 4.71. The summed E-state index contributed by atoms with van der Waals surface area (Å²) in [6, 6.07) is 0. The van der Waals surface area contributed by atoms with Gasteiger partial charge in [0.25, 0.3) is 0 Å². The lowest BCUT2D eigenvalue weighted by Crippen LogP contribution is -1.98. The zero-order valence-corrected chi connectivity index (χ0v) is 16.9. The Kier molecular flexibility index (Phi) is 3.23. The van der Waals surface area contributed by atoms with Gasteiger partial charge in [0.2, 0.25) is 0 Å². The second-order valence-corrected chi connectivity index (χ2v) is 7.92. The van der Waals surface area contributed by atoms with Gasteiger partial charge in [0, 0.05) is 11.1 Å². The van der Waals surface area contributed by atoms with Gasteiger partial charge in [0.05, 0.1) is 5.52 Å². The van der Waals surface area contributed by atoms with Crippen LogP contribution >= 0.6 is 0 Å². The number of nitrogens with zero attached hydrogens (tertiary/aromatic N) is 1. The monoisotopic (exact) mass is 329 g/mol. The molecule has 0 atom stereocenters. The van der Waals surface area contributed by atoms with Crippen LogP contribution in [-0.2, 0) is 0 Å². The average molecular weight is 329 g/mol. The normalized spacial score (nSPS) is 12.2. The number of fused-ring (bicyclic) bond motifs is 3. The van der Waals surface area contributed by atoms with E-state index in [0.717, 1.165) is 5.69 Å². The molecular weight excluding hydrogens is 302 g/mol. The topological polar surface area (TPSA) is 12.9 Å². The van der Waals surface area contributed by atoms with Gasteiger partial charge in [0.15, 0.2) is 0 Å². The Hall–Kier alpha value is -2.15. The minimum Gasteiger partial charge on any atom is -0.253 e. The van der Waals surface area contributed by atoms with Gasteiger partial charge < -0.3 is 0 Å². The number of aryl methyl sites for hydroxylation is 2. The fourth-order valence-electron chi connectivity index (χ4n) is 4.71. The maximum atomic E-state index is 5.03. The van der Waals surface area contributed by atoms with Crippen LogP contribution in [0.25, 0.3) is 33.2 Å². The predicted molar refractivity (Wildman–Crippen MR) is 109 cm³/mol. The van der Waals surface area contributed by atoms with E-state index in [1.807, 2.05) is 0 Å². The number of benzene rings is 2. The first-order valence-corrected chi connectivity index (χ1v) is 9.20. The van der Waals surface area contributed by atoms with E-state index >= 15 is 0 Å². The highest BCUT2D eigenvalue weighted by molar-refractivity contribution is 6.19. The van der Waals surface area contributed by atoms with Gasteiger partial charge in [-0.3, -0.25) is 4.98 Å². The molecule has 3 aromatic rings. The minimum absolute atomic E-state index is 1.16. The van der Waals surface area contributed by atoms with Gasteiger partial charge in [-0.1, -0.05) is 0 Å². The summed E-state index contributed by atoms with van der Waals surface area (Å²) in [5, 5.41) is 1.38. The third-order valence-corrected chi connectivity index (χ3v) is 6.98. The van der Waals surface area contributed by atoms with Crippen molar-refractivity contribution in [2.45, 2.75) is 62.3 Å². The first kappa shape index (κ1) is 16.3. The molecule has 25 heavy (non-hydrogen) atoms. The summed E-state index contributed by atoms with van der Waals surface area (Å²) < 4.78 is 0. The second-order valence-electron chi connectivity index (χ2n) is 7.92. The molecule has 1 heterocycles. The molecule has 0 saturated heterocycles. The summed E-state index contributed by atoms with van der Waals surface area (Å²) in [7, 11) is 0.